The van der Waals surface area contributed by atoms with E-state index in [-0.39, 0.29) is 51.4 Å². The Morgan fingerprint density at radius 1 is 1.10 bits per heavy atom. The first-order valence-electron chi connectivity index (χ1n) is 6.90. The first kappa shape index (κ1) is 20.5. The number of ether oxygens (including phenoxy) is 1. The van der Waals surface area contributed by atoms with E-state index in [1.54, 1.807) is 0 Å². The van der Waals surface area contributed by atoms with Gasteiger partial charge in [0.05, 0.1) is 6.61 Å². The molecule has 1 unspecified atom stereocenters. The van der Waals surface area contributed by atoms with E-state index in [1.807, 2.05) is 0 Å². The van der Waals surface area contributed by atoms with E-state index in [0.29, 0.717) is 18.3 Å². The smallest absolute Gasteiger partial charge is 0.493 e. The Bertz CT molecular complexity index is 368. The fraction of sp³-hybridized carbons (Fsp3) is 0.571. The first-order valence-corrected chi connectivity index (χ1v) is 6.90. The third-order valence-corrected chi connectivity index (χ3v) is 3.29. The van der Waals surface area contributed by atoms with Gasteiger partial charge in [-0.3, -0.25) is 0 Å². The van der Waals surface area contributed by atoms with Crippen LogP contribution < -0.4 is 61.6 Å². The van der Waals surface area contributed by atoms with E-state index in [4.69, 9.17) is 4.74 Å². The van der Waals surface area contributed by atoms with Crippen LogP contribution in [0.1, 0.15) is 39.5 Å². The normalized spacial score (nSPS) is 12.7. The summed E-state index contributed by atoms with van der Waals surface area (Å²) in [4.78, 5) is 0. The molecule has 1 atom stereocenters. The van der Waals surface area contributed by atoms with Crippen molar-refractivity contribution >= 4 is 12.4 Å². The average Bonchev–Trinajstić information content (AvgIpc) is 2.38. The van der Waals surface area contributed by atoms with Crippen LogP contribution in [0.3, 0.4) is 0 Å². The zero-order valence-corrected chi connectivity index (χ0v) is 15.7. The molecule has 1 nitrogen and oxygen atoms in total. The van der Waals surface area contributed by atoms with Crippen molar-refractivity contribution in [1.82, 2.24) is 0 Å². The summed E-state index contributed by atoms with van der Waals surface area (Å²) in [6.07, 6.45) is 4.46. The van der Waals surface area contributed by atoms with Gasteiger partial charge in [-0.15, -0.1) is 5.46 Å². The summed E-state index contributed by atoms with van der Waals surface area (Å²) >= 11 is 0. The van der Waals surface area contributed by atoms with Gasteiger partial charge in [-0.1, -0.05) is 45.2 Å². The van der Waals surface area contributed by atoms with Crippen LogP contribution in [0.5, 0.6) is 5.75 Å². The molecule has 6 heteroatoms. The SMILES string of the molecule is CCCCC(CC)COc1ccc([B-](F)(F)F)cc1.[K+]. The Hall–Kier alpha value is 0.511. The number of rotatable bonds is 8. The van der Waals surface area contributed by atoms with Crippen LogP contribution in [0.25, 0.3) is 0 Å². The molecule has 0 fully saturated rings. The quantitative estimate of drug-likeness (QED) is 0.658. The van der Waals surface area contributed by atoms with Crippen LogP contribution >= 0.6 is 0 Å². The molecule has 0 spiro atoms. The minimum absolute atomic E-state index is 0. The second-order valence-corrected chi connectivity index (χ2v) is 4.87. The van der Waals surface area contributed by atoms with Crippen molar-refractivity contribution in [2.24, 2.45) is 5.92 Å². The monoisotopic (exact) mass is 312 g/mol. The molecule has 0 aliphatic rings. The third-order valence-electron chi connectivity index (χ3n) is 3.29. The van der Waals surface area contributed by atoms with Crippen molar-refractivity contribution in [2.75, 3.05) is 6.61 Å². The number of benzene rings is 1. The Morgan fingerprint density at radius 2 is 1.70 bits per heavy atom. The molecule has 1 rings (SSSR count). The van der Waals surface area contributed by atoms with Gasteiger partial charge in [0.15, 0.2) is 0 Å². The molecule has 0 bridgehead atoms. The van der Waals surface area contributed by atoms with Crippen molar-refractivity contribution in [3.8, 4) is 5.75 Å². The number of hydrogen-bond donors (Lipinski definition) is 0. The molecule has 0 N–H and O–H groups in total. The zero-order chi connectivity index (χ0) is 14.3. The molecule has 0 saturated heterocycles. The molecule has 0 amide bonds. The number of halogens is 3. The van der Waals surface area contributed by atoms with E-state index >= 15 is 0 Å². The number of hydrogen-bond acceptors (Lipinski definition) is 1. The molecular weight excluding hydrogens is 291 g/mol. The molecule has 0 aromatic heterocycles. The van der Waals surface area contributed by atoms with Gasteiger partial charge < -0.3 is 17.7 Å². The maximum absolute atomic E-state index is 12.4. The summed E-state index contributed by atoms with van der Waals surface area (Å²) in [5, 5.41) is 0. The van der Waals surface area contributed by atoms with E-state index in [0.717, 1.165) is 37.8 Å². The van der Waals surface area contributed by atoms with E-state index in [9.17, 15) is 12.9 Å². The molecule has 0 aliphatic carbocycles. The third kappa shape index (κ3) is 7.50. The summed E-state index contributed by atoms with van der Waals surface area (Å²) in [5.41, 5.74) is -0.578. The van der Waals surface area contributed by atoms with Crippen molar-refractivity contribution in [3.63, 3.8) is 0 Å². The van der Waals surface area contributed by atoms with Crippen LogP contribution in [-0.2, 0) is 0 Å². The second-order valence-electron chi connectivity index (χ2n) is 4.87. The van der Waals surface area contributed by atoms with Crippen LogP contribution in [-0.4, -0.2) is 13.6 Å². The first-order chi connectivity index (χ1) is 8.97. The van der Waals surface area contributed by atoms with Gasteiger partial charge in [0.1, 0.15) is 5.75 Å². The molecule has 0 saturated carbocycles. The Kier molecular flexibility index (Phi) is 10.5. The van der Waals surface area contributed by atoms with Crippen LogP contribution in [0.15, 0.2) is 24.3 Å². The summed E-state index contributed by atoms with van der Waals surface area (Å²) < 4.78 is 42.9. The van der Waals surface area contributed by atoms with Crippen LogP contribution in [0, 0.1) is 5.92 Å². The molecule has 1 aromatic rings. The predicted octanol–water partition coefficient (Wildman–Crippen LogP) is 1.34. The Labute approximate surface area is 162 Å². The van der Waals surface area contributed by atoms with Gasteiger partial charge in [0.2, 0.25) is 0 Å². The summed E-state index contributed by atoms with van der Waals surface area (Å²) in [7, 11) is 0. The van der Waals surface area contributed by atoms with Gasteiger partial charge in [0.25, 0.3) is 0 Å². The van der Waals surface area contributed by atoms with Crippen molar-refractivity contribution in [3.05, 3.63) is 24.3 Å². The van der Waals surface area contributed by atoms with E-state index in [2.05, 4.69) is 13.8 Å². The van der Waals surface area contributed by atoms with Crippen molar-refractivity contribution in [2.45, 2.75) is 39.5 Å². The fourth-order valence-electron chi connectivity index (χ4n) is 1.89. The van der Waals surface area contributed by atoms with Crippen molar-refractivity contribution < 1.29 is 69.1 Å². The average molecular weight is 312 g/mol. The Morgan fingerprint density at radius 3 is 2.15 bits per heavy atom. The largest absolute Gasteiger partial charge is 1.00 e. The van der Waals surface area contributed by atoms with Crippen LogP contribution in [0.2, 0.25) is 0 Å². The molecule has 0 radical (unpaired) electrons. The van der Waals surface area contributed by atoms with Crippen LogP contribution in [0.4, 0.5) is 12.9 Å². The Balaban J connectivity index is 0.00000361. The molecule has 0 aliphatic heterocycles. The van der Waals surface area contributed by atoms with Gasteiger partial charge in [0, 0.05) is 0 Å². The zero-order valence-electron chi connectivity index (χ0n) is 12.5. The topological polar surface area (TPSA) is 9.23 Å². The van der Waals surface area contributed by atoms with Gasteiger partial charge >= 0.3 is 58.4 Å². The van der Waals surface area contributed by atoms with E-state index in [1.165, 1.54) is 12.1 Å². The second kappa shape index (κ2) is 10.3. The maximum Gasteiger partial charge on any atom is 1.00 e. The van der Waals surface area contributed by atoms with Gasteiger partial charge in [-0.25, -0.2) is 0 Å². The molecular formula is C14H21BF3KO. The fourth-order valence-corrected chi connectivity index (χ4v) is 1.89. The number of unbranched alkanes of at least 4 members (excludes halogenated alkanes) is 1. The minimum atomic E-state index is -4.91. The molecule has 20 heavy (non-hydrogen) atoms. The van der Waals surface area contributed by atoms with Gasteiger partial charge in [-0.2, -0.15) is 0 Å². The van der Waals surface area contributed by atoms with Crippen molar-refractivity contribution in [1.29, 1.82) is 0 Å². The summed E-state index contributed by atoms with van der Waals surface area (Å²) in [6, 6.07) is 4.97. The summed E-state index contributed by atoms with van der Waals surface area (Å²) in [6.45, 7) is -0.0833. The standard InChI is InChI=1S/C14H21BF3O.K/c1-3-5-6-12(4-2)11-19-14-9-7-13(8-10-14)15(16,17)18;/h7-10,12H,3-6,11H2,1-2H3;/q-1;+1. The van der Waals surface area contributed by atoms with E-state index < -0.39 is 12.4 Å². The molecule has 1 aromatic carbocycles. The predicted molar refractivity (Wildman–Crippen MR) is 74.0 cm³/mol. The summed E-state index contributed by atoms with van der Waals surface area (Å²) in [5.74, 6) is 0.991. The molecule has 108 valence electrons. The maximum atomic E-state index is 12.4. The molecule has 0 heterocycles. The van der Waals surface area contributed by atoms with Gasteiger partial charge in [-0.05, 0) is 24.5 Å². The minimum Gasteiger partial charge on any atom is -0.493 e.